The molecule has 0 spiro atoms. The summed E-state index contributed by atoms with van der Waals surface area (Å²) in [5, 5.41) is 0. The van der Waals surface area contributed by atoms with Crippen molar-refractivity contribution >= 4 is 0 Å². The maximum Gasteiger partial charge on any atom is 0.0550 e. The Bertz CT molecular complexity index is 173. The lowest BCUT2D eigenvalue weighted by Crippen LogP contribution is -2.55. The van der Waals surface area contributed by atoms with Gasteiger partial charge in [-0.05, 0) is 37.6 Å². The Hall–Kier alpha value is -0.0800. The van der Waals surface area contributed by atoms with Crippen molar-refractivity contribution in [3.8, 4) is 0 Å². The lowest BCUT2D eigenvalue weighted by Gasteiger charge is -2.54. The second-order valence-electron chi connectivity index (χ2n) is 4.83. The summed E-state index contributed by atoms with van der Waals surface area (Å²) in [4.78, 5) is 0. The van der Waals surface area contributed by atoms with E-state index >= 15 is 0 Å². The quantitative estimate of drug-likeness (QED) is 0.721. The average molecular weight is 183 g/mol. The molecule has 1 aliphatic heterocycles. The van der Waals surface area contributed by atoms with Crippen molar-refractivity contribution in [2.75, 3.05) is 19.8 Å². The van der Waals surface area contributed by atoms with E-state index in [1.54, 1.807) is 0 Å². The molecule has 2 rings (SSSR count). The average Bonchev–Trinajstić information content (AvgIpc) is 1.92. The minimum absolute atomic E-state index is 0.525. The molecule has 1 aliphatic carbocycles. The van der Waals surface area contributed by atoms with E-state index in [0.717, 1.165) is 31.6 Å². The van der Waals surface area contributed by atoms with Gasteiger partial charge >= 0.3 is 0 Å². The summed E-state index contributed by atoms with van der Waals surface area (Å²) in [7, 11) is 0. The van der Waals surface area contributed by atoms with Crippen LogP contribution >= 0.6 is 0 Å². The third-order valence-corrected chi connectivity index (χ3v) is 4.24. The number of hydrogen-bond acceptors (Lipinski definition) is 2. The first kappa shape index (κ1) is 9.47. The van der Waals surface area contributed by atoms with Gasteiger partial charge in [-0.3, -0.25) is 0 Å². The molecule has 0 radical (unpaired) electrons. The summed E-state index contributed by atoms with van der Waals surface area (Å²) < 4.78 is 5.42. The van der Waals surface area contributed by atoms with E-state index in [-0.39, 0.29) is 0 Å². The lowest BCUT2D eigenvalue weighted by atomic mass is 9.58. The summed E-state index contributed by atoms with van der Waals surface area (Å²) in [5.41, 5.74) is 6.15. The largest absolute Gasteiger partial charge is 0.380 e. The van der Waals surface area contributed by atoms with Gasteiger partial charge in [-0.25, -0.2) is 0 Å². The summed E-state index contributed by atoms with van der Waals surface area (Å²) >= 11 is 0. The molecule has 1 unspecified atom stereocenters. The van der Waals surface area contributed by atoms with Gasteiger partial charge in [0.25, 0.3) is 0 Å². The second kappa shape index (κ2) is 3.58. The Morgan fingerprint density at radius 2 is 2.15 bits per heavy atom. The maximum atomic E-state index is 5.62. The van der Waals surface area contributed by atoms with Crippen LogP contribution in [-0.4, -0.2) is 19.8 Å². The molecule has 13 heavy (non-hydrogen) atoms. The minimum atomic E-state index is 0.525. The van der Waals surface area contributed by atoms with Crippen LogP contribution in [0.5, 0.6) is 0 Å². The molecule has 0 bridgehead atoms. The molecule has 0 aromatic rings. The van der Waals surface area contributed by atoms with Gasteiger partial charge in [-0.15, -0.1) is 0 Å². The van der Waals surface area contributed by atoms with Gasteiger partial charge in [0, 0.05) is 5.41 Å². The van der Waals surface area contributed by atoms with Gasteiger partial charge in [0.1, 0.15) is 0 Å². The number of ether oxygens (including phenoxy) is 1. The Kier molecular flexibility index (Phi) is 2.61. The van der Waals surface area contributed by atoms with E-state index in [0.29, 0.717) is 5.41 Å². The van der Waals surface area contributed by atoms with Crippen LogP contribution in [0.2, 0.25) is 0 Å². The summed E-state index contributed by atoms with van der Waals surface area (Å²) in [6, 6.07) is 0. The molecule has 1 saturated heterocycles. The van der Waals surface area contributed by atoms with E-state index < -0.39 is 0 Å². The number of rotatable bonds is 4. The fraction of sp³-hybridized carbons (Fsp3) is 1.00. The van der Waals surface area contributed by atoms with Crippen LogP contribution in [0.25, 0.3) is 0 Å². The molecule has 1 atom stereocenters. The highest BCUT2D eigenvalue weighted by atomic mass is 16.5. The summed E-state index contributed by atoms with van der Waals surface area (Å²) in [5.74, 6) is 1.71. The van der Waals surface area contributed by atoms with Gasteiger partial charge in [-0.1, -0.05) is 13.3 Å². The maximum absolute atomic E-state index is 5.62. The molecule has 2 heteroatoms. The Balaban J connectivity index is 1.96. The van der Waals surface area contributed by atoms with Crippen molar-refractivity contribution in [1.82, 2.24) is 0 Å². The zero-order valence-corrected chi connectivity index (χ0v) is 8.59. The van der Waals surface area contributed by atoms with Crippen molar-refractivity contribution in [2.24, 2.45) is 23.0 Å². The molecule has 0 aromatic heterocycles. The van der Waals surface area contributed by atoms with Crippen LogP contribution in [0.15, 0.2) is 0 Å². The molecule has 1 saturated carbocycles. The third kappa shape index (κ3) is 1.40. The molecule has 0 amide bonds. The van der Waals surface area contributed by atoms with E-state index in [1.165, 1.54) is 25.7 Å². The van der Waals surface area contributed by atoms with Gasteiger partial charge < -0.3 is 10.5 Å². The number of hydrogen-bond donors (Lipinski definition) is 1. The zero-order chi connectivity index (χ0) is 9.31. The van der Waals surface area contributed by atoms with Gasteiger partial charge in [0.05, 0.1) is 13.2 Å². The van der Waals surface area contributed by atoms with Crippen molar-refractivity contribution in [1.29, 1.82) is 0 Å². The molecule has 2 nitrogen and oxygen atoms in total. The second-order valence-corrected chi connectivity index (χ2v) is 4.83. The smallest absolute Gasteiger partial charge is 0.0550 e. The first-order valence-electron chi connectivity index (χ1n) is 5.57. The van der Waals surface area contributed by atoms with E-state index in [4.69, 9.17) is 10.5 Å². The van der Waals surface area contributed by atoms with E-state index in [9.17, 15) is 0 Å². The monoisotopic (exact) mass is 183 g/mol. The fourth-order valence-electron chi connectivity index (χ4n) is 2.78. The Morgan fingerprint density at radius 3 is 2.46 bits per heavy atom. The van der Waals surface area contributed by atoms with Crippen LogP contribution < -0.4 is 5.73 Å². The highest BCUT2D eigenvalue weighted by molar-refractivity contribution is 4.98. The lowest BCUT2D eigenvalue weighted by molar-refractivity contribution is -0.191. The van der Waals surface area contributed by atoms with Gasteiger partial charge in [0.15, 0.2) is 0 Å². The molecule has 76 valence electrons. The van der Waals surface area contributed by atoms with Crippen LogP contribution in [0, 0.1) is 17.3 Å². The van der Waals surface area contributed by atoms with Crippen LogP contribution in [0.4, 0.5) is 0 Å². The van der Waals surface area contributed by atoms with Gasteiger partial charge in [0.2, 0.25) is 0 Å². The molecule has 2 N–H and O–H groups in total. The van der Waals surface area contributed by atoms with Crippen LogP contribution in [-0.2, 0) is 4.74 Å². The first-order valence-corrected chi connectivity index (χ1v) is 5.57. The summed E-state index contributed by atoms with van der Waals surface area (Å²) in [6.45, 7) is 5.18. The van der Waals surface area contributed by atoms with Crippen molar-refractivity contribution < 1.29 is 4.74 Å². The molecule has 2 fully saturated rings. The Morgan fingerprint density at radius 1 is 1.46 bits per heavy atom. The molecule has 2 aliphatic rings. The SMILES string of the molecule is CC(CCN)C1(C2CCC2)COC1. The van der Waals surface area contributed by atoms with Crippen LogP contribution in [0.3, 0.4) is 0 Å². The molecular formula is C11H21NO. The van der Waals surface area contributed by atoms with E-state index in [2.05, 4.69) is 6.92 Å². The molecular weight excluding hydrogens is 162 g/mol. The normalized spacial score (nSPS) is 29.1. The van der Waals surface area contributed by atoms with Crippen LogP contribution in [0.1, 0.15) is 32.6 Å². The third-order valence-electron chi connectivity index (χ3n) is 4.24. The molecule has 1 heterocycles. The van der Waals surface area contributed by atoms with Crippen molar-refractivity contribution in [3.05, 3.63) is 0 Å². The highest BCUT2D eigenvalue weighted by Crippen LogP contribution is 2.52. The van der Waals surface area contributed by atoms with Crippen molar-refractivity contribution in [3.63, 3.8) is 0 Å². The van der Waals surface area contributed by atoms with Crippen molar-refractivity contribution in [2.45, 2.75) is 32.6 Å². The van der Waals surface area contributed by atoms with E-state index in [1.807, 2.05) is 0 Å². The topological polar surface area (TPSA) is 35.2 Å². The fourth-order valence-corrected chi connectivity index (χ4v) is 2.78. The first-order chi connectivity index (χ1) is 6.29. The predicted octanol–water partition coefficient (Wildman–Crippen LogP) is 1.79. The highest BCUT2D eigenvalue weighted by Gasteiger charge is 2.50. The summed E-state index contributed by atoms with van der Waals surface area (Å²) in [6.07, 6.45) is 5.46. The standard InChI is InChI=1S/C11H21NO/c1-9(5-6-12)11(7-13-8-11)10-3-2-4-10/h9-10H,2-8,12H2,1H3. The Labute approximate surface area is 80.8 Å². The predicted molar refractivity (Wildman–Crippen MR) is 53.4 cm³/mol. The molecule has 0 aromatic carbocycles. The zero-order valence-electron chi connectivity index (χ0n) is 8.59. The number of nitrogens with two attached hydrogens (primary N) is 1. The minimum Gasteiger partial charge on any atom is -0.380 e. The van der Waals surface area contributed by atoms with Gasteiger partial charge in [-0.2, -0.15) is 0 Å².